The number of benzene rings is 2. The van der Waals surface area contributed by atoms with Crippen molar-refractivity contribution in [3.05, 3.63) is 53.6 Å². The van der Waals surface area contributed by atoms with Crippen LogP contribution in [0.4, 0.5) is 0 Å². The predicted octanol–water partition coefficient (Wildman–Crippen LogP) is 3.60. The maximum atomic E-state index is 5.58. The molecule has 0 saturated heterocycles. The molecule has 0 spiro atoms. The van der Waals surface area contributed by atoms with E-state index >= 15 is 0 Å². The Balaban J connectivity index is 2.03. The molecule has 0 fully saturated rings. The van der Waals surface area contributed by atoms with Crippen molar-refractivity contribution >= 4 is 0 Å². The molecule has 0 amide bonds. The highest BCUT2D eigenvalue weighted by Gasteiger charge is 2.12. The van der Waals surface area contributed by atoms with Gasteiger partial charge in [-0.25, -0.2) is 0 Å². The van der Waals surface area contributed by atoms with Crippen LogP contribution in [0.2, 0.25) is 0 Å². The van der Waals surface area contributed by atoms with Crippen molar-refractivity contribution in [3.63, 3.8) is 0 Å². The number of fused-ring (bicyclic) bond motifs is 1. The maximum Gasteiger partial charge on any atom is 0.123 e. The van der Waals surface area contributed by atoms with Gasteiger partial charge in [-0.1, -0.05) is 42.0 Å². The minimum absolute atomic E-state index is 0.826. The summed E-state index contributed by atoms with van der Waals surface area (Å²) in [7, 11) is 0. The van der Waals surface area contributed by atoms with E-state index in [4.69, 9.17) is 4.74 Å². The van der Waals surface area contributed by atoms with Gasteiger partial charge < -0.3 is 4.74 Å². The van der Waals surface area contributed by atoms with Crippen LogP contribution in [-0.2, 0) is 6.42 Å². The highest BCUT2D eigenvalue weighted by molar-refractivity contribution is 5.66. The first-order chi connectivity index (χ1) is 7.83. The van der Waals surface area contributed by atoms with E-state index < -0.39 is 0 Å². The number of ether oxygens (including phenoxy) is 1. The molecule has 0 atom stereocenters. The molecule has 1 nitrogen and oxygen atoms in total. The molecule has 2 aromatic carbocycles. The summed E-state index contributed by atoms with van der Waals surface area (Å²) in [6.07, 6.45) is 1.05. The van der Waals surface area contributed by atoms with Gasteiger partial charge >= 0.3 is 0 Å². The molecule has 2 aromatic rings. The van der Waals surface area contributed by atoms with E-state index in [0.29, 0.717) is 0 Å². The number of rotatable bonds is 1. The molecule has 0 radical (unpaired) electrons. The molecular formula is C15H14O. The van der Waals surface area contributed by atoms with Crippen LogP contribution in [0.5, 0.6) is 5.75 Å². The Labute approximate surface area is 95.7 Å². The minimum atomic E-state index is 0.826. The summed E-state index contributed by atoms with van der Waals surface area (Å²) in [5.74, 6) is 1.05. The molecule has 1 heteroatoms. The lowest BCUT2D eigenvalue weighted by Gasteiger charge is -2.05. The first kappa shape index (κ1) is 9.46. The molecule has 0 bridgehead atoms. The first-order valence-corrected chi connectivity index (χ1v) is 5.66. The zero-order valence-electron chi connectivity index (χ0n) is 9.36. The van der Waals surface area contributed by atoms with Crippen molar-refractivity contribution in [2.24, 2.45) is 0 Å². The lowest BCUT2D eigenvalue weighted by atomic mass is 10.0. The monoisotopic (exact) mass is 210 g/mol. The van der Waals surface area contributed by atoms with Crippen LogP contribution in [0.15, 0.2) is 42.5 Å². The van der Waals surface area contributed by atoms with Crippen molar-refractivity contribution in [1.29, 1.82) is 0 Å². The van der Waals surface area contributed by atoms with E-state index in [1.807, 2.05) is 0 Å². The fourth-order valence-electron chi connectivity index (χ4n) is 2.09. The molecule has 0 aliphatic carbocycles. The molecule has 0 N–H and O–H groups in total. The zero-order chi connectivity index (χ0) is 11.0. The summed E-state index contributed by atoms with van der Waals surface area (Å²) in [6.45, 7) is 2.93. The molecule has 0 saturated carbocycles. The molecule has 80 valence electrons. The Kier molecular flexibility index (Phi) is 2.17. The van der Waals surface area contributed by atoms with Gasteiger partial charge in [0.05, 0.1) is 6.61 Å². The molecule has 0 aromatic heterocycles. The Morgan fingerprint density at radius 3 is 2.50 bits per heavy atom. The third-order valence-electron chi connectivity index (χ3n) is 3.08. The smallest absolute Gasteiger partial charge is 0.123 e. The van der Waals surface area contributed by atoms with Gasteiger partial charge in [-0.3, -0.25) is 0 Å². The van der Waals surface area contributed by atoms with E-state index in [-0.39, 0.29) is 0 Å². The normalized spacial score (nSPS) is 13.3. The summed E-state index contributed by atoms with van der Waals surface area (Å²) >= 11 is 0. The van der Waals surface area contributed by atoms with Crippen LogP contribution >= 0.6 is 0 Å². The van der Waals surface area contributed by atoms with Crippen molar-refractivity contribution in [2.45, 2.75) is 13.3 Å². The van der Waals surface area contributed by atoms with E-state index in [0.717, 1.165) is 18.8 Å². The predicted molar refractivity (Wildman–Crippen MR) is 65.8 cm³/mol. The number of aryl methyl sites for hydroxylation is 1. The fourth-order valence-corrected chi connectivity index (χ4v) is 2.09. The van der Waals surface area contributed by atoms with Crippen LogP contribution in [0.1, 0.15) is 11.1 Å². The van der Waals surface area contributed by atoms with Gasteiger partial charge in [0.1, 0.15) is 5.75 Å². The fraction of sp³-hybridized carbons (Fsp3) is 0.200. The third kappa shape index (κ3) is 1.58. The maximum absolute atomic E-state index is 5.58. The Hall–Kier alpha value is -1.76. The molecule has 1 aliphatic rings. The lowest BCUT2D eigenvalue weighted by Crippen LogP contribution is -1.86. The summed E-state index contributed by atoms with van der Waals surface area (Å²) in [4.78, 5) is 0. The van der Waals surface area contributed by atoms with Gasteiger partial charge in [0.25, 0.3) is 0 Å². The van der Waals surface area contributed by atoms with E-state index in [9.17, 15) is 0 Å². The van der Waals surface area contributed by atoms with Gasteiger partial charge in [0, 0.05) is 6.42 Å². The second-order valence-corrected chi connectivity index (χ2v) is 4.29. The average molecular weight is 210 g/mol. The quantitative estimate of drug-likeness (QED) is 0.698. The van der Waals surface area contributed by atoms with Gasteiger partial charge in [0.2, 0.25) is 0 Å². The Bertz CT molecular complexity index is 511. The standard InChI is InChI=1S/C15H14O/c1-11-2-4-12(5-3-11)14-7-6-13-8-9-16-15(13)10-14/h2-7,10H,8-9H2,1H3. The highest BCUT2D eigenvalue weighted by atomic mass is 16.5. The summed E-state index contributed by atoms with van der Waals surface area (Å²) in [6, 6.07) is 15.1. The third-order valence-corrected chi connectivity index (χ3v) is 3.08. The van der Waals surface area contributed by atoms with Crippen LogP contribution in [0.3, 0.4) is 0 Å². The SMILES string of the molecule is Cc1ccc(-c2ccc3c(c2)OCC3)cc1. The van der Waals surface area contributed by atoms with Gasteiger partial charge in [-0.05, 0) is 29.7 Å². The average Bonchev–Trinajstić information content (AvgIpc) is 2.77. The van der Waals surface area contributed by atoms with Gasteiger partial charge in [-0.15, -0.1) is 0 Å². The summed E-state index contributed by atoms with van der Waals surface area (Å²) < 4.78 is 5.58. The van der Waals surface area contributed by atoms with Crippen LogP contribution in [0, 0.1) is 6.92 Å². The van der Waals surface area contributed by atoms with E-state index in [1.54, 1.807) is 0 Å². The van der Waals surface area contributed by atoms with Crippen LogP contribution < -0.4 is 4.74 Å². The minimum Gasteiger partial charge on any atom is -0.493 e. The second-order valence-electron chi connectivity index (χ2n) is 4.29. The molecule has 16 heavy (non-hydrogen) atoms. The summed E-state index contributed by atoms with van der Waals surface area (Å²) in [5.41, 5.74) is 5.11. The van der Waals surface area contributed by atoms with Crippen molar-refractivity contribution < 1.29 is 4.74 Å². The Morgan fingerprint density at radius 2 is 1.69 bits per heavy atom. The van der Waals surface area contributed by atoms with Gasteiger partial charge in [0.15, 0.2) is 0 Å². The molecule has 3 rings (SSSR count). The second kappa shape index (κ2) is 3.67. The largest absolute Gasteiger partial charge is 0.493 e. The molecule has 1 aliphatic heterocycles. The first-order valence-electron chi connectivity index (χ1n) is 5.66. The molecular weight excluding hydrogens is 196 g/mol. The lowest BCUT2D eigenvalue weighted by molar-refractivity contribution is 0.357. The molecule has 1 heterocycles. The van der Waals surface area contributed by atoms with Gasteiger partial charge in [-0.2, -0.15) is 0 Å². The highest BCUT2D eigenvalue weighted by Crippen LogP contribution is 2.30. The number of hydrogen-bond acceptors (Lipinski definition) is 1. The zero-order valence-corrected chi connectivity index (χ0v) is 9.36. The Morgan fingerprint density at radius 1 is 0.938 bits per heavy atom. The summed E-state index contributed by atoms with van der Waals surface area (Å²) in [5, 5.41) is 0. The van der Waals surface area contributed by atoms with E-state index in [2.05, 4.69) is 49.4 Å². The topological polar surface area (TPSA) is 9.23 Å². The van der Waals surface area contributed by atoms with E-state index in [1.165, 1.54) is 22.3 Å². The van der Waals surface area contributed by atoms with Crippen molar-refractivity contribution in [3.8, 4) is 16.9 Å². The van der Waals surface area contributed by atoms with Crippen LogP contribution in [0.25, 0.3) is 11.1 Å². The van der Waals surface area contributed by atoms with Crippen molar-refractivity contribution in [2.75, 3.05) is 6.61 Å². The van der Waals surface area contributed by atoms with Crippen LogP contribution in [-0.4, -0.2) is 6.61 Å². The molecule has 0 unspecified atom stereocenters. The van der Waals surface area contributed by atoms with Crippen molar-refractivity contribution in [1.82, 2.24) is 0 Å². The number of hydrogen-bond donors (Lipinski definition) is 0.